The van der Waals surface area contributed by atoms with Crippen LogP contribution in [0.3, 0.4) is 0 Å². The normalized spacial score (nSPS) is 11.9. The fourth-order valence-corrected chi connectivity index (χ4v) is 2.99. The predicted octanol–water partition coefficient (Wildman–Crippen LogP) is 4.64. The number of hydrogen-bond acceptors (Lipinski definition) is 10. The number of ether oxygens (including phenoxy) is 1. The molecule has 2 aromatic carbocycles. The smallest absolute Gasteiger partial charge is 0.166 e. The second kappa shape index (κ2) is 10.8. The molecule has 1 heterocycles. The van der Waals surface area contributed by atoms with Gasteiger partial charge in [0.05, 0.1) is 12.3 Å². The van der Waals surface area contributed by atoms with Gasteiger partial charge in [-0.15, -0.1) is 9.81 Å². The highest BCUT2D eigenvalue weighted by Crippen LogP contribution is 2.32. The van der Waals surface area contributed by atoms with Gasteiger partial charge < -0.3 is 14.9 Å². The van der Waals surface area contributed by atoms with Crippen LogP contribution < -0.4 is 0 Å². The minimum Gasteiger partial charge on any atom is -0.508 e. The molecular weight excluding hydrogens is 426 g/mol. The van der Waals surface area contributed by atoms with E-state index in [0.717, 1.165) is 5.56 Å². The van der Waals surface area contributed by atoms with Crippen molar-refractivity contribution in [3.8, 4) is 22.9 Å². The standard InChI is InChI=1S/C23H21N5O5/c1-14(27-31)18(4-3-11-33-2)22-24-21(12-15-5-7-16(29)8-6-15)25-23(26-22)19-10-9-17(30)13-20(19)28-32/h3-10,13,29-30H,11-12H2,1-2H3/b4-3-,18-14-. The molecule has 33 heavy (non-hydrogen) atoms. The lowest BCUT2D eigenvalue weighted by atomic mass is 10.1. The number of phenolic OH excluding ortho intramolecular Hbond substituents is 2. The quantitative estimate of drug-likeness (QED) is 0.356. The maximum absolute atomic E-state index is 11.4. The summed E-state index contributed by atoms with van der Waals surface area (Å²) in [5, 5.41) is 25.2. The minimum absolute atomic E-state index is 0.0478. The first kappa shape index (κ1) is 23.4. The van der Waals surface area contributed by atoms with E-state index in [9.17, 15) is 20.0 Å². The highest BCUT2D eigenvalue weighted by Gasteiger charge is 2.17. The van der Waals surface area contributed by atoms with Crippen molar-refractivity contribution in [2.75, 3.05) is 13.7 Å². The number of rotatable bonds is 9. The number of nitrogens with zero attached hydrogens (tertiary/aromatic N) is 5. The van der Waals surface area contributed by atoms with Crippen LogP contribution in [0.15, 0.2) is 70.7 Å². The van der Waals surface area contributed by atoms with Gasteiger partial charge in [0.25, 0.3) is 0 Å². The van der Waals surface area contributed by atoms with Crippen LogP contribution in [0.5, 0.6) is 11.5 Å². The Morgan fingerprint density at radius 1 is 1.03 bits per heavy atom. The Labute approximate surface area is 189 Å². The molecule has 0 fully saturated rings. The third-order valence-electron chi connectivity index (χ3n) is 4.62. The fraction of sp³-hybridized carbons (Fsp3) is 0.174. The van der Waals surface area contributed by atoms with Gasteiger partial charge in [-0.2, -0.15) is 0 Å². The van der Waals surface area contributed by atoms with Crippen LogP contribution >= 0.6 is 0 Å². The molecule has 0 unspecified atom stereocenters. The topological polar surface area (TPSA) is 147 Å². The van der Waals surface area contributed by atoms with Crippen molar-refractivity contribution >= 4 is 11.3 Å². The molecule has 0 aliphatic heterocycles. The Bertz CT molecular complexity index is 1220. The van der Waals surface area contributed by atoms with Crippen molar-refractivity contribution in [2.24, 2.45) is 10.4 Å². The highest BCUT2D eigenvalue weighted by molar-refractivity contribution is 5.76. The lowest BCUT2D eigenvalue weighted by Gasteiger charge is -2.10. The van der Waals surface area contributed by atoms with Crippen molar-refractivity contribution in [3.05, 3.63) is 87.3 Å². The van der Waals surface area contributed by atoms with Crippen molar-refractivity contribution in [3.63, 3.8) is 0 Å². The van der Waals surface area contributed by atoms with Gasteiger partial charge in [0.15, 0.2) is 11.6 Å². The molecule has 0 aliphatic carbocycles. The number of allylic oxidation sites excluding steroid dienone is 3. The first-order valence-corrected chi connectivity index (χ1v) is 9.84. The van der Waals surface area contributed by atoms with Crippen LogP contribution in [0, 0.1) is 9.81 Å². The molecule has 0 atom stereocenters. The van der Waals surface area contributed by atoms with Crippen LogP contribution in [0.2, 0.25) is 0 Å². The zero-order valence-corrected chi connectivity index (χ0v) is 18.0. The largest absolute Gasteiger partial charge is 0.508 e. The molecule has 0 amide bonds. The molecule has 10 heteroatoms. The minimum atomic E-state index is -0.129. The second-order valence-corrected chi connectivity index (χ2v) is 6.98. The average Bonchev–Trinajstić information content (AvgIpc) is 2.82. The zero-order chi connectivity index (χ0) is 23.8. The summed E-state index contributed by atoms with van der Waals surface area (Å²) in [6, 6.07) is 10.6. The summed E-state index contributed by atoms with van der Waals surface area (Å²) in [7, 11) is 1.54. The van der Waals surface area contributed by atoms with E-state index in [0.29, 0.717) is 18.0 Å². The average molecular weight is 447 g/mol. The Balaban J connectivity index is 2.20. The number of hydrogen-bond donors (Lipinski definition) is 2. The van der Waals surface area contributed by atoms with Gasteiger partial charge >= 0.3 is 0 Å². The summed E-state index contributed by atoms with van der Waals surface area (Å²) in [6.45, 7) is 1.83. The Morgan fingerprint density at radius 3 is 2.42 bits per heavy atom. The lowest BCUT2D eigenvalue weighted by molar-refractivity contribution is 0.234. The molecule has 1 aromatic heterocycles. The van der Waals surface area contributed by atoms with Gasteiger partial charge in [0, 0.05) is 30.7 Å². The van der Waals surface area contributed by atoms with Crippen molar-refractivity contribution in [1.82, 2.24) is 15.0 Å². The highest BCUT2D eigenvalue weighted by atomic mass is 16.5. The first-order valence-electron chi connectivity index (χ1n) is 9.84. The SMILES string of the molecule is COC/C=C\C(=C(/C)N=O)c1nc(Cc2ccc(O)cc2)nc(-c2ccc(O)cc2N=O)n1. The number of aromatic nitrogens is 3. The second-order valence-electron chi connectivity index (χ2n) is 6.98. The molecule has 10 nitrogen and oxygen atoms in total. The van der Waals surface area contributed by atoms with Crippen molar-refractivity contribution in [1.29, 1.82) is 0 Å². The molecule has 3 aromatic rings. The van der Waals surface area contributed by atoms with E-state index in [2.05, 4.69) is 25.3 Å². The summed E-state index contributed by atoms with van der Waals surface area (Å²) in [6.07, 6.45) is 3.60. The summed E-state index contributed by atoms with van der Waals surface area (Å²) in [5.41, 5.74) is 1.57. The zero-order valence-electron chi connectivity index (χ0n) is 18.0. The predicted molar refractivity (Wildman–Crippen MR) is 123 cm³/mol. The maximum Gasteiger partial charge on any atom is 0.166 e. The van der Waals surface area contributed by atoms with Gasteiger partial charge in [0.1, 0.15) is 23.0 Å². The number of methoxy groups -OCH3 is 1. The lowest BCUT2D eigenvalue weighted by Crippen LogP contribution is -2.06. The molecule has 0 bridgehead atoms. The van der Waals surface area contributed by atoms with Crippen LogP contribution in [-0.2, 0) is 11.2 Å². The molecule has 168 valence electrons. The molecular formula is C23H21N5O5. The van der Waals surface area contributed by atoms with E-state index >= 15 is 0 Å². The number of benzene rings is 2. The fourth-order valence-electron chi connectivity index (χ4n) is 2.99. The van der Waals surface area contributed by atoms with E-state index in [1.807, 2.05) is 0 Å². The third kappa shape index (κ3) is 5.89. The van der Waals surface area contributed by atoms with Crippen molar-refractivity contribution < 1.29 is 14.9 Å². The molecule has 0 radical (unpaired) electrons. The van der Waals surface area contributed by atoms with Gasteiger partial charge in [-0.05, 0) is 47.1 Å². The Morgan fingerprint density at radius 2 is 1.76 bits per heavy atom. The molecule has 0 spiro atoms. The molecule has 0 saturated heterocycles. The van der Waals surface area contributed by atoms with E-state index in [-0.39, 0.29) is 46.5 Å². The van der Waals surface area contributed by atoms with Gasteiger partial charge in [-0.3, -0.25) is 0 Å². The van der Waals surface area contributed by atoms with E-state index in [1.54, 1.807) is 36.4 Å². The summed E-state index contributed by atoms with van der Waals surface area (Å²) < 4.78 is 5.03. The van der Waals surface area contributed by atoms with E-state index in [4.69, 9.17) is 4.74 Å². The molecule has 0 aliphatic rings. The first-order chi connectivity index (χ1) is 15.9. The summed E-state index contributed by atoms with van der Waals surface area (Å²) in [4.78, 5) is 36.1. The molecule has 3 rings (SSSR count). The van der Waals surface area contributed by atoms with Crippen LogP contribution in [-0.4, -0.2) is 38.9 Å². The third-order valence-corrected chi connectivity index (χ3v) is 4.62. The van der Waals surface area contributed by atoms with Gasteiger partial charge in [-0.25, -0.2) is 15.0 Å². The van der Waals surface area contributed by atoms with Crippen LogP contribution in [0.1, 0.15) is 24.1 Å². The van der Waals surface area contributed by atoms with E-state index in [1.165, 1.54) is 32.2 Å². The Hall–Kier alpha value is -4.31. The van der Waals surface area contributed by atoms with Crippen LogP contribution in [0.25, 0.3) is 17.0 Å². The maximum atomic E-state index is 11.4. The van der Waals surface area contributed by atoms with E-state index < -0.39 is 0 Å². The van der Waals surface area contributed by atoms with Crippen LogP contribution in [0.4, 0.5) is 5.69 Å². The molecule has 0 saturated carbocycles. The van der Waals surface area contributed by atoms with Crippen molar-refractivity contribution in [2.45, 2.75) is 13.3 Å². The summed E-state index contributed by atoms with van der Waals surface area (Å²) >= 11 is 0. The molecule has 2 N–H and O–H groups in total. The monoisotopic (exact) mass is 447 g/mol. The summed E-state index contributed by atoms with van der Waals surface area (Å²) in [5.74, 6) is 0.656. The number of nitroso groups, excluding NO2 is 2. The Kier molecular flexibility index (Phi) is 7.66. The number of phenols is 2. The van der Waals surface area contributed by atoms with Gasteiger partial charge in [0.2, 0.25) is 0 Å². The van der Waals surface area contributed by atoms with Gasteiger partial charge in [-0.1, -0.05) is 24.3 Å². The number of aromatic hydroxyl groups is 2.